The largest absolute Gasteiger partial charge is 0.493 e. The fraction of sp³-hybridized carbons (Fsp3) is 0.333. The van der Waals surface area contributed by atoms with Crippen molar-refractivity contribution < 1.29 is 23.9 Å². The van der Waals surface area contributed by atoms with Crippen LogP contribution in [0.4, 0.5) is 0 Å². The lowest BCUT2D eigenvalue weighted by Crippen LogP contribution is -2.48. The van der Waals surface area contributed by atoms with E-state index >= 15 is 0 Å². The van der Waals surface area contributed by atoms with Crippen molar-refractivity contribution in [1.29, 1.82) is 0 Å². The molecule has 0 unspecified atom stereocenters. The fourth-order valence-corrected chi connectivity index (χ4v) is 3.36. The monoisotopic (exact) mass is 404 g/mol. The number of methoxy groups -OCH3 is 2. The van der Waals surface area contributed by atoms with Gasteiger partial charge in [-0.2, -0.15) is 0 Å². The minimum atomic E-state index is -0.914. The van der Waals surface area contributed by atoms with Gasteiger partial charge in [-0.3, -0.25) is 25.2 Å². The minimum Gasteiger partial charge on any atom is -0.493 e. The molecule has 10 heteroatoms. The van der Waals surface area contributed by atoms with Crippen molar-refractivity contribution in [2.75, 3.05) is 14.2 Å². The molecule has 0 atom stereocenters. The van der Waals surface area contributed by atoms with Gasteiger partial charge in [-0.05, 0) is 38.0 Å². The van der Waals surface area contributed by atoms with Crippen LogP contribution in [-0.2, 0) is 9.59 Å². The lowest BCUT2D eigenvalue weighted by atomic mass is 10.2. The van der Waals surface area contributed by atoms with E-state index in [-0.39, 0.29) is 6.04 Å². The van der Waals surface area contributed by atoms with E-state index < -0.39 is 17.7 Å². The van der Waals surface area contributed by atoms with Crippen LogP contribution in [0.1, 0.15) is 28.2 Å². The van der Waals surface area contributed by atoms with Gasteiger partial charge in [0.1, 0.15) is 9.88 Å². The Hall–Kier alpha value is -3.14. The summed E-state index contributed by atoms with van der Waals surface area (Å²) in [5.74, 6) is -1.09. The number of rotatable bonds is 5. The number of hydrazine groups is 1. The van der Waals surface area contributed by atoms with Gasteiger partial charge in [0.2, 0.25) is 0 Å². The quantitative estimate of drug-likeness (QED) is 0.509. The normalized spacial score (nSPS) is 12.8. The minimum absolute atomic E-state index is 0.0572. The molecule has 9 nitrogen and oxygen atoms in total. The fourth-order valence-electron chi connectivity index (χ4n) is 2.41. The molecule has 0 radical (unpaired) electrons. The van der Waals surface area contributed by atoms with E-state index in [9.17, 15) is 14.4 Å². The average Bonchev–Trinajstić information content (AvgIpc) is 3.43. The second kappa shape index (κ2) is 8.26. The second-order valence-corrected chi connectivity index (χ2v) is 7.16. The first-order valence-corrected chi connectivity index (χ1v) is 9.35. The number of nitrogens with one attached hydrogen (secondary N) is 3. The first-order chi connectivity index (χ1) is 13.4. The van der Waals surface area contributed by atoms with Gasteiger partial charge < -0.3 is 14.8 Å². The third-order valence-electron chi connectivity index (χ3n) is 4.04. The molecule has 3 rings (SSSR count). The number of hydrogen-bond donors (Lipinski definition) is 3. The molecule has 0 aliphatic heterocycles. The van der Waals surface area contributed by atoms with E-state index in [1.807, 2.05) is 6.07 Å². The Morgan fingerprint density at radius 3 is 2.43 bits per heavy atom. The number of hydrogen-bond acceptors (Lipinski definition) is 7. The predicted octanol–water partition coefficient (Wildman–Crippen LogP) is 1.18. The first kappa shape index (κ1) is 19.6. The molecule has 1 heterocycles. The molecule has 3 amide bonds. The molecule has 148 valence electrons. The molecule has 28 heavy (non-hydrogen) atoms. The van der Waals surface area contributed by atoms with Crippen LogP contribution in [0.15, 0.2) is 18.2 Å². The maximum Gasteiger partial charge on any atom is 0.327 e. The summed E-state index contributed by atoms with van der Waals surface area (Å²) in [4.78, 5) is 40.4. The highest BCUT2D eigenvalue weighted by molar-refractivity contribution is 7.17. The van der Waals surface area contributed by atoms with Gasteiger partial charge in [0.15, 0.2) is 11.5 Å². The summed E-state index contributed by atoms with van der Waals surface area (Å²) in [6.45, 7) is 1.69. The number of ether oxygens (including phenoxy) is 2. The molecule has 1 fully saturated rings. The Balaban J connectivity index is 1.68. The maximum absolute atomic E-state index is 12.4. The second-order valence-electron chi connectivity index (χ2n) is 6.16. The summed E-state index contributed by atoms with van der Waals surface area (Å²) in [5, 5.41) is 3.15. The Bertz CT molecular complexity index is 923. The highest BCUT2D eigenvalue weighted by Gasteiger charge is 2.27. The zero-order valence-corrected chi connectivity index (χ0v) is 16.4. The third-order valence-corrected chi connectivity index (χ3v) is 5.25. The molecule has 0 saturated heterocycles. The number of carbonyl (C=O) groups is 3. The number of benzene rings is 1. The van der Waals surface area contributed by atoms with Crippen molar-refractivity contribution in [2.45, 2.75) is 25.8 Å². The molecule has 1 saturated carbocycles. The van der Waals surface area contributed by atoms with Crippen molar-refractivity contribution in [2.24, 2.45) is 0 Å². The van der Waals surface area contributed by atoms with Crippen molar-refractivity contribution in [3.05, 3.63) is 28.8 Å². The SMILES string of the molecule is COc1ccc(-c2nc(C)c(C(=O)NNC(=O)C(=O)NC3CC3)s2)cc1OC. The van der Waals surface area contributed by atoms with E-state index in [4.69, 9.17) is 9.47 Å². The Labute approximate surface area is 165 Å². The van der Waals surface area contributed by atoms with Crippen molar-refractivity contribution in [3.63, 3.8) is 0 Å². The molecule has 0 spiro atoms. The summed E-state index contributed by atoms with van der Waals surface area (Å²) in [6, 6.07) is 5.39. The van der Waals surface area contributed by atoms with Gasteiger partial charge in [-0.25, -0.2) is 4.98 Å². The number of thiazole rings is 1. The number of amides is 3. The molecule has 1 aliphatic carbocycles. The van der Waals surface area contributed by atoms with E-state index in [0.717, 1.165) is 29.7 Å². The highest BCUT2D eigenvalue weighted by Crippen LogP contribution is 2.34. The summed E-state index contributed by atoms with van der Waals surface area (Å²) >= 11 is 1.16. The number of aryl methyl sites for hydroxylation is 1. The van der Waals surface area contributed by atoms with E-state index in [0.29, 0.717) is 27.1 Å². The smallest absolute Gasteiger partial charge is 0.327 e. The molecule has 1 aliphatic rings. The standard InChI is InChI=1S/C18H20N4O5S/c1-9-14(15(23)21-22-17(25)16(24)20-11-5-6-11)28-18(19-9)10-4-7-12(26-2)13(8-10)27-3/h4,7-8,11H,5-6H2,1-3H3,(H,20,24)(H,21,23)(H,22,25). The van der Waals surface area contributed by atoms with Crippen LogP contribution < -0.4 is 25.6 Å². The van der Waals surface area contributed by atoms with E-state index in [1.165, 1.54) is 7.11 Å². The van der Waals surface area contributed by atoms with Crippen LogP contribution in [0.25, 0.3) is 10.6 Å². The summed E-state index contributed by atoms with van der Waals surface area (Å²) < 4.78 is 10.5. The van der Waals surface area contributed by atoms with Crippen molar-refractivity contribution in [1.82, 2.24) is 21.2 Å². The molecular formula is C18H20N4O5S. The van der Waals surface area contributed by atoms with Crippen LogP contribution in [0.5, 0.6) is 11.5 Å². The first-order valence-electron chi connectivity index (χ1n) is 8.54. The van der Waals surface area contributed by atoms with Gasteiger partial charge >= 0.3 is 11.8 Å². The lowest BCUT2D eigenvalue weighted by Gasteiger charge is -2.08. The topological polar surface area (TPSA) is 119 Å². The van der Waals surface area contributed by atoms with Crippen molar-refractivity contribution >= 4 is 29.1 Å². The number of nitrogens with zero attached hydrogens (tertiary/aromatic N) is 1. The van der Waals surface area contributed by atoms with E-state index in [2.05, 4.69) is 21.2 Å². The Morgan fingerprint density at radius 2 is 1.79 bits per heavy atom. The van der Waals surface area contributed by atoms with Gasteiger partial charge in [0.05, 0.1) is 19.9 Å². The summed E-state index contributed by atoms with van der Waals surface area (Å²) in [7, 11) is 3.09. The molecule has 0 bridgehead atoms. The zero-order valence-electron chi connectivity index (χ0n) is 15.6. The molecule has 1 aromatic carbocycles. The molecule has 2 aromatic rings. The van der Waals surface area contributed by atoms with E-state index in [1.54, 1.807) is 26.2 Å². The van der Waals surface area contributed by atoms with Crippen LogP contribution >= 0.6 is 11.3 Å². The predicted molar refractivity (Wildman–Crippen MR) is 102 cm³/mol. The molecule has 3 N–H and O–H groups in total. The highest BCUT2D eigenvalue weighted by atomic mass is 32.1. The third kappa shape index (κ3) is 4.39. The van der Waals surface area contributed by atoms with Gasteiger partial charge in [0.25, 0.3) is 5.91 Å². The van der Waals surface area contributed by atoms with Gasteiger partial charge in [-0.15, -0.1) is 11.3 Å². The summed E-state index contributed by atoms with van der Waals surface area (Å²) in [6.07, 6.45) is 1.73. The number of carbonyl (C=O) groups excluding carboxylic acids is 3. The van der Waals surface area contributed by atoms with Crippen LogP contribution in [0.3, 0.4) is 0 Å². The van der Waals surface area contributed by atoms with Gasteiger partial charge in [-0.1, -0.05) is 0 Å². The Kier molecular flexibility index (Phi) is 5.78. The maximum atomic E-state index is 12.4. The molecule has 1 aromatic heterocycles. The zero-order chi connectivity index (χ0) is 20.3. The van der Waals surface area contributed by atoms with Crippen LogP contribution in [0, 0.1) is 6.92 Å². The van der Waals surface area contributed by atoms with Crippen molar-refractivity contribution in [3.8, 4) is 22.1 Å². The number of aromatic nitrogens is 1. The summed E-state index contributed by atoms with van der Waals surface area (Å²) in [5.41, 5.74) is 5.63. The molecular weight excluding hydrogens is 384 g/mol. The Morgan fingerprint density at radius 1 is 1.07 bits per heavy atom. The van der Waals surface area contributed by atoms with Crippen LogP contribution in [0.2, 0.25) is 0 Å². The lowest BCUT2D eigenvalue weighted by molar-refractivity contribution is -0.139. The average molecular weight is 404 g/mol. The van der Waals surface area contributed by atoms with Crippen LogP contribution in [-0.4, -0.2) is 43.0 Å². The van der Waals surface area contributed by atoms with Gasteiger partial charge in [0, 0.05) is 11.6 Å².